The van der Waals surface area contributed by atoms with E-state index >= 15 is 0 Å². The van der Waals surface area contributed by atoms with Gasteiger partial charge in [0.25, 0.3) is 0 Å². The van der Waals surface area contributed by atoms with Crippen LogP contribution in [0, 0.1) is 5.92 Å². The Kier molecular flexibility index (Phi) is 4.08. The second-order valence-corrected chi connectivity index (χ2v) is 8.04. The molecule has 2 aromatic rings. The Bertz CT molecular complexity index is 834. The Hall–Kier alpha value is -1.81. The van der Waals surface area contributed by atoms with Crippen LogP contribution in [-0.4, -0.2) is 67.3 Å². The van der Waals surface area contributed by atoms with E-state index in [9.17, 15) is 10.2 Å². The normalized spacial score (nSPS) is 38.1. The molecule has 0 aromatic carbocycles. The van der Waals surface area contributed by atoms with Gasteiger partial charge in [0, 0.05) is 12.6 Å². The largest absolute Gasteiger partial charge is 0.394 e. The van der Waals surface area contributed by atoms with Crippen LogP contribution < -0.4 is 5.32 Å². The van der Waals surface area contributed by atoms with E-state index in [1.807, 2.05) is 0 Å². The molecule has 9 nitrogen and oxygen atoms in total. The van der Waals surface area contributed by atoms with Gasteiger partial charge in [0.15, 0.2) is 23.2 Å². The number of hydrogen-bond donors (Lipinski definition) is 3. The lowest BCUT2D eigenvalue weighted by Gasteiger charge is -2.28. The van der Waals surface area contributed by atoms with Gasteiger partial charge in [0.05, 0.1) is 12.9 Å². The molecule has 1 aliphatic heterocycles. The van der Waals surface area contributed by atoms with Gasteiger partial charge in [-0.2, -0.15) is 0 Å². The second kappa shape index (κ2) is 6.37. The lowest BCUT2D eigenvalue weighted by atomic mass is 9.94. The minimum atomic E-state index is -0.922. The molecule has 3 N–H and O–H groups in total. The molecule has 3 heterocycles. The van der Waals surface area contributed by atoms with Crippen molar-refractivity contribution >= 4 is 17.0 Å². The third-order valence-electron chi connectivity index (χ3n) is 6.52. The summed E-state index contributed by atoms with van der Waals surface area (Å²) in [5.41, 5.74) is 1.43. The zero-order valence-electron chi connectivity index (χ0n) is 15.3. The SMILES string of the molecule is CO[C@@H]1[C@H](O)[C@@H](CO)O[C@H]1n1cnc2c(NC34CCC(CC3)C4)ncnc21. The van der Waals surface area contributed by atoms with Crippen LogP contribution in [0.1, 0.15) is 38.3 Å². The molecule has 2 bridgehead atoms. The average molecular weight is 375 g/mol. The van der Waals surface area contributed by atoms with Crippen LogP contribution >= 0.6 is 0 Å². The Morgan fingerprint density at radius 1 is 1.33 bits per heavy atom. The number of nitrogens with one attached hydrogen (secondary N) is 1. The fourth-order valence-corrected chi connectivity index (χ4v) is 5.10. The number of anilines is 1. The number of ether oxygens (including phenoxy) is 2. The fraction of sp³-hybridized carbons (Fsp3) is 0.722. The third kappa shape index (κ3) is 2.64. The van der Waals surface area contributed by atoms with Crippen LogP contribution in [-0.2, 0) is 9.47 Å². The van der Waals surface area contributed by atoms with E-state index < -0.39 is 24.5 Å². The van der Waals surface area contributed by atoms with Gasteiger partial charge in [-0.3, -0.25) is 4.57 Å². The Morgan fingerprint density at radius 2 is 2.15 bits per heavy atom. The van der Waals surface area contributed by atoms with Crippen molar-refractivity contribution in [2.45, 2.75) is 62.2 Å². The molecule has 27 heavy (non-hydrogen) atoms. The zero-order valence-corrected chi connectivity index (χ0v) is 15.3. The molecular formula is C18H25N5O4. The summed E-state index contributed by atoms with van der Waals surface area (Å²) in [6.45, 7) is -0.282. The number of aliphatic hydroxyl groups is 2. The molecule has 3 aliphatic rings. The summed E-state index contributed by atoms with van der Waals surface area (Å²) in [6.07, 6.45) is 6.40. The van der Waals surface area contributed by atoms with Crippen LogP contribution in [0.25, 0.3) is 11.2 Å². The number of imidazole rings is 1. The highest BCUT2D eigenvalue weighted by Crippen LogP contribution is 2.49. The van der Waals surface area contributed by atoms with E-state index in [1.54, 1.807) is 10.9 Å². The molecule has 0 radical (unpaired) electrons. The van der Waals surface area contributed by atoms with Gasteiger partial charge in [-0.25, -0.2) is 15.0 Å². The maximum atomic E-state index is 10.3. The summed E-state index contributed by atoms with van der Waals surface area (Å²) in [6, 6.07) is 0. The van der Waals surface area contributed by atoms with Crippen molar-refractivity contribution < 1.29 is 19.7 Å². The fourth-order valence-electron chi connectivity index (χ4n) is 5.10. The van der Waals surface area contributed by atoms with E-state index in [-0.39, 0.29) is 12.1 Å². The molecule has 0 amide bonds. The minimum absolute atomic E-state index is 0.132. The Morgan fingerprint density at radius 3 is 2.81 bits per heavy atom. The van der Waals surface area contributed by atoms with Crippen LogP contribution in [0.5, 0.6) is 0 Å². The monoisotopic (exact) mass is 375 g/mol. The van der Waals surface area contributed by atoms with Crippen molar-refractivity contribution in [2.75, 3.05) is 19.0 Å². The van der Waals surface area contributed by atoms with E-state index in [0.29, 0.717) is 11.2 Å². The summed E-state index contributed by atoms with van der Waals surface area (Å²) in [5.74, 6) is 1.58. The van der Waals surface area contributed by atoms with Gasteiger partial charge in [-0.1, -0.05) is 0 Å². The second-order valence-electron chi connectivity index (χ2n) is 8.04. The van der Waals surface area contributed by atoms with E-state index in [4.69, 9.17) is 9.47 Å². The molecule has 2 saturated carbocycles. The molecule has 2 aromatic heterocycles. The summed E-state index contributed by atoms with van der Waals surface area (Å²) in [5, 5.41) is 23.4. The first kappa shape index (κ1) is 17.3. The number of aromatic nitrogens is 4. The van der Waals surface area contributed by atoms with E-state index in [2.05, 4.69) is 20.3 Å². The van der Waals surface area contributed by atoms with Crippen LogP contribution in [0.15, 0.2) is 12.7 Å². The van der Waals surface area contributed by atoms with Crippen LogP contribution in [0.3, 0.4) is 0 Å². The first-order valence-corrected chi connectivity index (χ1v) is 9.57. The molecule has 4 atom stereocenters. The van der Waals surface area contributed by atoms with Crippen molar-refractivity contribution in [1.82, 2.24) is 19.5 Å². The Balaban J connectivity index is 1.49. The molecule has 1 saturated heterocycles. The summed E-state index contributed by atoms with van der Waals surface area (Å²) < 4.78 is 13.0. The number of hydrogen-bond acceptors (Lipinski definition) is 8. The van der Waals surface area contributed by atoms with Crippen molar-refractivity contribution in [3.63, 3.8) is 0 Å². The highest BCUT2D eigenvalue weighted by molar-refractivity contribution is 5.83. The zero-order chi connectivity index (χ0) is 18.6. The van der Waals surface area contributed by atoms with Gasteiger partial charge in [-0.05, 0) is 38.0 Å². The number of rotatable bonds is 5. The molecule has 2 aliphatic carbocycles. The van der Waals surface area contributed by atoms with Crippen LogP contribution in [0.4, 0.5) is 5.82 Å². The van der Waals surface area contributed by atoms with Crippen molar-refractivity contribution in [2.24, 2.45) is 5.92 Å². The van der Waals surface area contributed by atoms with Crippen molar-refractivity contribution in [1.29, 1.82) is 0 Å². The van der Waals surface area contributed by atoms with Crippen molar-refractivity contribution in [3.05, 3.63) is 12.7 Å². The van der Waals surface area contributed by atoms with Gasteiger partial charge >= 0.3 is 0 Å². The maximum Gasteiger partial charge on any atom is 0.167 e. The van der Waals surface area contributed by atoms with Gasteiger partial charge in [0.2, 0.25) is 0 Å². The molecule has 3 fully saturated rings. The predicted octanol–water partition coefficient (Wildman–Crippen LogP) is 0.836. The molecule has 5 rings (SSSR count). The predicted molar refractivity (Wildman–Crippen MR) is 96.1 cm³/mol. The third-order valence-corrected chi connectivity index (χ3v) is 6.52. The molecule has 0 spiro atoms. The molecule has 0 unspecified atom stereocenters. The van der Waals surface area contributed by atoms with Gasteiger partial charge in [-0.15, -0.1) is 0 Å². The molecule has 146 valence electrons. The topological polar surface area (TPSA) is 115 Å². The quantitative estimate of drug-likeness (QED) is 0.704. The highest BCUT2D eigenvalue weighted by Gasteiger charge is 2.46. The number of methoxy groups -OCH3 is 1. The number of aliphatic hydroxyl groups excluding tert-OH is 2. The lowest BCUT2D eigenvalue weighted by Crippen LogP contribution is -2.34. The molecule has 9 heteroatoms. The van der Waals surface area contributed by atoms with Gasteiger partial charge < -0.3 is 25.0 Å². The standard InChI is InChI=1S/C18H25N5O4/c1-26-14-13(25)11(7-24)27-17(14)23-9-21-12-15(19-8-20-16(12)23)22-18-4-2-10(6-18)3-5-18/h8-11,13-14,17,24-25H,2-7H2,1H3,(H,19,20,22)/t10?,11-,13-,14-,17-,18?/m1/s1. The smallest absolute Gasteiger partial charge is 0.167 e. The summed E-state index contributed by atoms with van der Waals surface area (Å²) in [7, 11) is 1.51. The Labute approximate surface area is 156 Å². The number of fused-ring (bicyclic) bond motifs is 3. The molecular weight excluding hydrogens is 350 g/mol. The highest BCUT2D eigenvalue weighted by atomic mass is 16.6. The van der Waals surface area contributed by atoms with E-state index in [1.165, 1.54) is 45.5 Å². The lowest BCUT2D eigenvalue weighted by molar-refractivity contribution is -0.0583. The minimum Gasteiger partial charge on any atom is -0.394 e. The first-order valence-electron chi connectivity index (χ1n) is 9.57. The maximum absolute atomic E-state index is 10.3. The first-order chi connectivity index (χ1) is 13.1. The number of nitrogens with zero attached hydrogens (tertiary/aromatic N) is 4. The van der Waals surface area contributed by atoms with Crippen LogP contribution in [0.2, 0.25) is 0 Å². The van der Waals surface area contributed by atoms with Crippen molar-refractivity contribution in [3.8, 4) is 0 Å². The summed E-state index contributed by atoms with van der Waals surface area (Å²) in [4.78, 5) is 13.4. The average Bonchev–Trinajstić information content (AvgIpc) is 3.43. The van der Waals surface area contributed by atoms with Gasteiger partial charge in [0.1, 0.15) is 24.6 Å². The van der Waals surface area contributed by atoms with E-state index in [0.717, 1.165) is 11.7 Å². The summed E-state index contributed by atoms with van der Waals surface area (Å²) >= 11 is 0.